The van der Waals surface area contributed by atoms with Crippen molar-refractivity contribution in [3.05, 3.63) is 60.2 Å². The first-order valence-corrected chi connectivity index (χ1v) is 7.30. The topological polar surface area (TPSA) is 28.8 Å². The summed E-state index contributed by atoms with van der Waals surface area (Å²) in [5.41, 5.74) is 5.38. The van der Waals surface area contributed by atoms with E-state index in [2.05, 4.69) is 54.6 Å². The first-order chi connectivity index (χ1) is 10.1. The van der Waals surface area contributed by atoms with Crippen LogP contribution in [-0.2, 0) is 13.5 Å². The van der Waals surface area contributed by atoms with Crippen molar-refractivity contribution in [2.24, 2.45) is 7.05 Å². The number of para-hydroxylation sites is 1. The van der Waals surface area contributed by atoms with Crippen molar-refractivity contribution < 1.29 is 0 Å². The van der Waals surface area contributed by atoms with Gasteiger partial charge in [-0.25, -0.2) is 0 Å². The van der Waals surface area contributed by atoms with Crippen LogP contribution < -0.4 is 0 Å². The van der Waals surface area contributed by atoms with E-state index in [9.17, 15) is 0 Å². The van der Waals surface area contributed by atoms with E-state index in [0.29, 0.717) is 5.71 Å². The minimum atomic E-state index is 0.613. The summed E-state index contributed by atoms with van der Waals surface area (Å²) in [5.74, 6) is 0. The Kier molecular flexibility index (Phi) is 3.38. The molecule has 106 valence electrons. The second-order valence-electron chi connectivity index (χ2n) is 5.56. The van der Waals surface area contributed by atoms with E-state index in [-0.39, 0.29) is 0 Å². The maximum absolute atomic E-state index is 7.96. The second kappa shape index (κ2) is 5.21. The van der Waals surface area contributed by atoms with Crippen LogP contribution in [-0.4, -0.2) is 10.3 Å². The van der Waals surface area contributed by atoms with E-state index in [0.717, 1.165) is 18.4 Å². The van der Waals surface area contributed by atoms with E-state index in [1.54, 1.807) is 0 Å². The lowest BCUT2D eigenvalue weighted by atomic mass is 9.98. The lowest BCUT2D eigenvalue weighted by molar-refractivity contribution is 1.00. The van der Waals surface area contributed by atoms with Crippen LogP contribution in [0.5, 0.6) is 0 Å². The molecule has 0 bridgehead atoms. The molecule has 1 heterocycles. The van der Waals surface area contributed by atoms with Gasteiger partial charge in [0.2, 0.25) is 0 Å². The highest BCUT2D eigenvalue weighted by Gasteiger charge is 2.13. The largest absolute Gasteiger partial charge is 0.344 e. The molecule has 0 fully saturated rings. The third kappa shape index (κ3) is 2.17. The molecule has 0 aliphatic carbocycles. The summed E-state index contributed by atoms with van der Waals surface area (Å²) < 4.78 is 2.23. The maximum atomic E-state index is 7.96. The Morgan fingerprint density at radius 2 is 2.00 bits per heavy atom. The fourth-order valence-electron chi connectivity index (χ4n) is 3.04. The van der Waals surface area contributed by atoms with Crippen molar-refractivity contribution >= 4 is 27.5 Å². The van der Waals surface area contributed by atoms with Crippen molar-refractivity contribution in [3.8, 4) is 0 Å². The van der Waals surface area contributed by atoms with E-state index < -0.39 is 0 Å². The molecule has 0 spiro atoms. The summed E-state index contributed by atoms with van der Waals surface area (Å²) in [5, 5.41) is 10.6. The highest BCUT2D eigenvalue weighted by atomic mass is 14.9. The van der Waals surface area contributed by atoms with Gasteiger partial charge in [-0.2, -0.15) is 0 Å². The van der Waals surface area contributed by atoms with E-state index in [1.165, 1.54) is 27.4 Å². The van der Waals surface area contributed by atoms with Gasteiger partial charge in [0.15, 0.2) is 0 Å². The zero-order chi connectivity index (χ0) is 15.0. The molecule has 3 aromatic rings. The molecule has 0 atom stereocenters. The van der Waals surface area contributed by atoms with Crippen molar-refractivity contribution in [3.63, 3.8) is 0 Å². The summed E-state index contributed by atoms with van der Waals surface area (Å²) >= 11 is 0. The Labute approximate surface area is 125 Å². The van der Waals surface area contributed by atoms with Crippen LogP contribution >= 0.6 is 0 Å². The number of rotatable bonds is 4. The summed E-state index contributed by atoms with van der Waals surface area (Å²) in [6.45, 7) is 5.68. The van der Waals surface area contributed by atoms with Crippen molar-refractivity contribution in [2.75, 3.05) is 0 Å². The summed E-state index contributed by atoms with van der Waals surface area (Å²) in [7, 11) is 2.10. The quantitative estimate of drug-likeness (QED) is 0.522. The molecule has 21 heavy (non-hydrogen) atoms. The highest BCUT2D eigenvalue weighted by molar-refractivity contribution is 6.12. The van der Waals surface area contributed by atoms with Gasteiger partial charge in [0.25, 0.3) is 0 Å². The number of hydrogen-bond donors (Lipinski definition) is 1. The standard InChI is InChI=1S/C19H20N2/c1-4-5-8-14-11-15(13(2)20)12-18-19(14)16-9-6-7-10-17(16)21(18)3/h4,6-7,9-12,20H,1,5,8H2,2-3H3. The van der Waals surface area contributed by atoms with Crippen LogP contribution in [0, 0.1) is 5.41 Å². The smallest absolute Gasteiger partial charge is 0.0498 e. The molecule has 0 aliphatic rings. The van der Waals surface area contributed by atoms with E-state index in [4.69, 9.17) is 5.41 Å². The molecule has 3 rings (SSSR count). The number of allylic oxidation sites excluding steroid dienone is 1. The lowest BCUT2D eigenvalue weighted by Crippen LogP contribution is -1.97. The minimum absolute atomic E-state index is 0.613. The molecule has 0 unspecified atom stereocenters. The van der Waals surface area contributed by atoms with Crippen LogP contribution in [0.4, 0.5) is 0 Å². The molecular formula is C19H20N2. The summed E-state index contributed by atoms with van der Waals surface area (Å²) in [6, 6.07) is 12.8. The Hall–Kier alpha value is -2.35. The first-order valence-electron chi connectivity index (χ1n) is 7.30. The number of aryl methyl sites for hydroxylation is 2. The first kappa shape index (κ1) is 13.6. The molecule has 0 radical (unpaired) electrons. The average Bonchev–Trinajstić information content (AvgIpc) is 2.78. The van der Waals surface area contributed by atoms with Crippen LogP contribution in [0.25, 0.3) is 21.8 Å². The van der Waals surface area contributed by atoms with Gasteiger partial charge in [-0.1, -0.05) is 24.3 Å². The third-order valence-electron chi connectivity index (χ3n) is 4.15. The van der Waals surface area contributed by atoms with Gasteiger partial charge in [0.1, 0.15) is 0 Å². The SMILES string of the molecule is C=CCCc1cc(C(C)=N)cc2c1c1ccccc1n2C. The third-order valence-corrected chi connectivity index (χ3v) is 4.15. The molecule has 0 aliphatic heterocycles. The summed E-state index contributed by atoms with van der Waals surface area (Å²) in [6.07, 6.45) is 3.88. The lowest BCUT2D eigenvalue weighted by Gasteiger charge is -2.08. The van der Waals surface area contributed by atoms with Gasteiger partial charge in [0, 0.05) is 34.6 Å². The van der Waals surface area contributed by atoms with Gasteiger partial charge in [-0.3, -0.25) is 0 Å². The highest BCUT2D eigenvalue weighted by Crippen LogP contribution is 2.32. The Morgan fingerprint density at radius 1 is 1.24 bits per heavy atom. The molecule has 0 amide bonds. The predicted molar refractivity (Wildman–Crippen MR) is 91.4 cm³/mol. The fourth-order valence-corrected chi connectivity index (χ4v) is 3.04. The predicted octanol–water partition coefficient (Wildman–Crippen LogP) is 4.84. The van der Waals surface area contributed by atoms with Gasteiger partial charge in [-0.05, 0) is 49.1 Å². The number of fused-ring (bicyclic) bond motifs is 3. The van der Waals surface area contributed by atoms with Crippen LogP contribution in [0.3, 0.4) is 0 Å². The molecule has 2 aromatic carbocycles. The zero-order valence-electron chi connectivity index (χ0n) is 12.6. The number of nitrogens with zero attached hydrogens (tertiary/aromatic N) is 1. The number of benzene rings is 2. The Morgan fingerprint density at radius 3 is 2.71 bits per heavy atom. The molecule has 0 saturated carbocycles. The Bertz CT molecular complexity index is 853. The average molecular weight is 276 g/mol. The van der Waals surface area contributed by atoms with Gasteiger partial charge >= 0.3 is 0 Å². The number of hydrogen-bond acceptors (Lipinski definition) is 1. The van der Waals surface area contributed by atoms with Crippen LogP contribution in [0.15, 0.2) is 49.1 Å². The van der Waals surface area contributed by atoms with Crippen molar-refractivity contribution in [1.29, 1.82) is 5.41 Å². The minimum Gasteiger partial charge on any atom is -0.344 e. The number of nitrogens with one attached hydrogen (secondary N) is 1. The molecule has 0 saturated heterocycles. The fraction of sp³-hybridized carbons (Fsp3) is 0.211. The monoisotopic (exact) mass is 276 g/mol. The van der Waals surface area contributed by atoms with Gasteiger partial charge in [-0.15, -0.1) is 6.58 Å². The second-order valence-corrected chi connectivity index (χ2v) is 5.56. The molecule has 2 heteroatoms. The van der Waals surface area contributed by atoms with Gasteiger partial charge in [0.05, 0.1) is 0 Å². The molecule has 1 aromatic heterocycles. The molecule has 1 N–H and O–H groups in total. The molecule has 2 nitrogen and oxygen atoms in total. The molecular weight excluding hydrogens is 256 g/mol. The van der Waals surface area contributed by atoms with E-state index >= 15 is 0 Å². The number of aromatic nitrogens is 1. The van der Waals surface area contributed by atoms with Crippen LogP contribution in [0.1, 0.15) is 24.5 Å². The van der Waals surface area contributed by atoms with Crippen molar-refractivity contribution in [2.45, 2.75) is 19.8 Å². The Balaban J connectivity index is 2.42. The van der Waals surface area contributed by atoms with Gasteiger partial charge < -0.3 is 9.98 Å². The normalized spacial score (nSPS) is 11.1. The van der Waals surface area contributed by atoms with Crippen LogP contribution in [0.2, 0.25) is 0 Å². The van der Waals surface area contributed by atoms with E-state index in [1.807, 2.05) is 13.0 Å². The maximum Gasteiger partial charge on any atom is 0.0498 e. The summed E-state index contributed by atoms with van der Waals surface area (Å²) in [4.78, 5) is 0. The zero-order valence-corrected chi connectivity index (χ0v) is 12.6. The van der Waals surface area contributed by atoms with Crippen molar-refractivity contribution in [1.82, 2.24) is 4.57 Å².